The first-order valence-corrected chi connectivity index (χ1v) is 44.8. The third kappa shape index (κ3) is 48.7. The molecule has 34 nitrogen and oxygen atoms in total. The second kappa shape index (κ2) is 55.4. The number of hydrogen-bond acceptors (Lipinski definition) is 30. The van der Waals surface area contributed by atoms with Gasteiger partial charge in [0.15, 0.2) is 0 Å². The standard InChI is InChI=1S/C25H38N2O5.C20H30N2O3.C18H32N2O5.C16H21NO2.C10H18O5.C4H6O4.C2H4O2.H3N.H2/c1-5-31-22(28)13-25(26-23(29)32-24(2,3)4)11-20-15-27(14-19-9-7-6-8-10-19)16-21(12-25)18-30-17-20;1-2-25-19(23)10-20(21)8-17-12-22(11-16-6-4-3-5-7-16)13-18(9-20)15-24-14-17;1-5-24-15(21)8-18(20-16(22)25-17(2,3)4)6-13-9-19-10-14(7-18)12-23-11-13;18-16-6-14-9-17(8-13-4-2-1-3-5-13)10-15(7-16)12-19-11-14;1-9(2,3)14-7(11)13-8(12)15-10(4,5)6;1-8-4(7)2-3(5)6;1-2(3)4;;/h6-10,20-21H,5,11-18H2,1-4H3,(H,26,29);3-7,17-18H,2,8-15,21H2,1H3;13-14,19H,5-12H2,1-4H3,(H,20,22);1-5,14-15H,6-12H2;1-6H3;2H2,1H3,(H,5,6);1H3,(H,3,4);1H3;1H. The van der Waals surface area contributed by atoms with Gasteiger partial charge >= 0.3 is 54.3 Å². The summed E-state index contributed by atoms with van der Waals surface area (Å²) in [5.74, 6) is -0.776. The van der Waals surface area contributed by atoms with Gasteiger partial charge in [0.1, 0.15) is 34.6 Å². The molecule has 730 valence electrons. The molecule has 2 amide bonds. The van der Waals surface area contributed by atoms with Gasteiger partial charge in [-0.1, -0.05) is 91.0 Å². The van der Waals surface area contributed by atoms with Crippen LogP contribution in [0.1, 0.15) is 206 Å². The van der Waals surface area contributed by atoms with E-state index in [1.54, 1.807) is 55.4 Å². The molecule has 8 atom stereocenters. The minimum absolute atomic E-state index is 0. The van der Waals surface area contributed by atoms with Crippen LogP contribution >= 0.6 is 0 Å². The molecule has 3 aromatic carbocycles. The van der Waals surface area contributed by atoms with Gasteiger partial charge in [0.05, 0.1) is 110 Å². The fraction of sp³-hybridized carbons (Fsp3) is 0.695. The van der Waals surface area contributed by atoms with Crippen molar-refractivity contribution >= 4 is 66.1 Å². The van der Waals surface area contributed by atoms with E-state index >= 15 is 0 Å². The van der Waals surface area contributed by atoms with Gasteiger partial charge in [0.25, 0.3) is 5.97 Å². The zero-order valence-corrected chi connectivity index (χ0v) is 79.6. The van der Waals surface area contributed by atoms with Crippen LogP contribution in [0.15, 0.2) is 91.0 Å². The van der Waals surface area contributed by atoms with Gasteiger partial charge in [-0.15, -0.1) is 0 Å². The maximum absolute atomic E-state index is 12.8. The average Bonchev–Trinajstić information content (AvgIpc) is 0.819. The number of carboxylic acid groups (broad SMARTS) is 2. The number of ether oxygens (including phenoxy) is 13. The highest BCUT2D eigenvalue weighted by Gasteiger charge is 2.47. The normalized spacial score (nSPS) is 24.6. The van der Waals surface area contributed by atoms with Crippen molar-refractivity contribution in [3.63, 3.8) is 0 Å². The van der Waals surface area contributed by atoms with Crippen molar-refractivity contribution < 1.29 is 126 Å². The predicted molar refractivity (Wildman–Crippen MR) is 484 cm³/mol. The van der Waals surface area contributed by atoms with E-state index < -0.39 is 87.8 Å². The molecule has 3 aromatic rings. The maximum Gasteiger partial charge on any atom is 0.519 e. The molecular formula is C95H154N8O26. The van der Waals surface area contributed by atoms with Crippen LogP contribution in [-0.4, -0.2) is 262 Å². The number of methoxy groups -OCH3 is 1. The number of aliphatic carboxylic acids is 2. The van der Waals surface area contributed by atoms with Gasteiger partial charge < -0.3 is 99.6 Å². The Morgan fingerprint density at radius 2 is 0.721 bits per heavy atom. The van der Waals surface area contributed by atoms with Crippen LogP contribution < -0.4 is 27.8 Å². The SMILES string of the molecule is CC(=O)O.CC(C)(C)OC(=O)OC(=O)OC(C)(C)C.CCOC(=O)CC1(N)CC2COCC(CN(Cc3ccccc3)C2)C1.CCOC(=O)CC1(NC(=O)OC(C)(C)C)CC2CNCC(COC2)C1.CCOC(=O)CC1(NC(=O)OC(C)(C)C)CC2COCC(CN(Cc3ccccc3)C2)C1.COC(=O)CC(=O)O.N.O=C1CC2COCC(C1)CN(Cc1ccccc1)C2.[HH]. The maximum atomic E-state index is 12.8. The number of carboxylic acids is 2. The molecule has 12 aliphatic heterocycles. The Hall–Kier alpha value is -8.97. The number of alkyl carbamates (subject to hydrolysis) is 2. The van der Waals surface area contributed by atoms with E-state index in [2.05, 4.69) is 125 Å². The fourth-order valence-corrected chi connectivity index (χ4v) is 17.2. The van der Waals surface area contributed by atoms with Crippen molar-refractivity contribution in [3.05, 3.63) is 108 Å². The first kappa shape index (κ1) is 112. The van der Waals surface area contributed by atoms with E-state index in [-0.39, 0.29) is 62.0 Å². The Labute approximate surface area is 764 Å². The second-order valence-corrected chi connectivity index (χ2v) is 38.8. The summed E-state index contributed by atoms with van der Waals surface area (Å²) in [6.07, 6.45) is 2.61. The number of esters is 4. The molecule has 0 saturated carbocycles. The Kier molecular flexibility index (Phi) is 48.2. The summed E-state index contributed by atoms with van der Waals surface area (Å²) in [6.45, 7) is 44.1. The summed E-state index contributed by atoms with van der Waals surface area (Å²) in [5, 5.41) is 24.9. The van der Waals surface area contributed by atoms with Crippen molar-refractivity contribution in [2.24, 2.45) is 53.1 Å². The summed E-state index contributed by atoms with van der Waals surface area (Å²) < 4.78 is 67.8. The van der Waals surface area contributed by atoms with E-state index in [1.807, 2.05) is 54.5 Å². The van der Waals surface area contributed by atoms with Gasteiger partial charge in [-0.2, -0.15) is 0 Å². The first-order valence-electron chi connectivity index (χ1n) is 44.8. The lowest BCUT2D eigenvalue weighted by Crippen LogP contribution is -2.58. The number of hydrogen-bond donors (Lipinski definition) is 7. The molecule has 12 aliphatic rings. The molecule has 129 heavy (non-hydrogen) atoms. The van der Waals surface area contributed by atoms with E-state index in [0.29, 0.717) is 121 Å². The average molecular weight is 1820 g/mol. The minimum Gasteiger partial charge on any atom is -0.481 e. The Bertz CT molecular complexity index is 3800. The number of carbonyl (C=O) groups excluding carboxylic acids is 9. The van der Waals surface area contributed by atoms with Crippen molar-refractivity contribution in [2.75, 3.05) is 132 Å². The monoisotopic (exact) mass is 1820 g/mol. The molecule has 34 heteroatoms. The lowest BCUT2D eigenvalue weighted by molar-refractivity contribution is -0.150. The van der Waals surface area contributed by atoms with Crippen LogP contribution in [0.5, 0.6) is 0 Å². The van der Waals surface area contributed by atoms with Gasteiger partial charge in [-0.25, -0.2) is 19.2 Å². The Morgan fingerprint density at radius 1 is 0.442 bits per heavy atom. The van der Waals surface area contributed by atoms with Crippen LogP contribution in [0.4, 0.5) is 19.2 Å². The van der Waals surface area contributed by atoms with Gasteiger partial charge in [0, 0.05) is 111 Å². The smallest absolute Gasteiger partial charge is 0.481 e. The van der Waals surface area contributed by atoms with Gasteiger partial charge in [-0.05, 0) is 195 Å². The highest BCUT2D eigenvalue weighted by atomic mass is 16.8. The summed E-state index contributed by atoms with van der Waals surface area (Å²) in [5.41, 5.74) is 6.24. The molecule has 0 radical (unpaired) electrons. The molecule has 8 unspecified atom stereocenters. The van der Waals surface area contributed by atoms with Crippen LogP contribution in [0.25, 0.3) is 0 Å². The van der Waals surface area contributed by atoms with Crippen molar-refractivity contribution in [1.82, 2.24) is 36.8 Å². The number of nitrogens with one attached hydrogen (secondary N) is 3. The van der Waals surface area contributed by atoms with E-state index in [0.717, 1.165) is 125 Å². The summed E-state index contributed by atoms with van der Waals surface area (Å²) in [4.78, 5) is 132. The van der Waals surface area contributed by atoms with Gasteiger partial charge in [0.2, 0.25) is 0 Å². The molecule has 0 aliphatic carbocycles. The number of Topliss-reactive ketones (excluding diaryl/α,β-unsaturated/α-hetero) is 1. The molecule has 0 aromatic heterocycles. The van der Waals surface area contributed by atoms with Crippen LogP contribution in [0.2, 0.25) is 0 Å². The number of carbonyl (C=O) groups is 11. The number of nitrogens with zero attached hydrogens (tertiary/aromatic N) is 3. The topological polar surface area (TPSA) is 455 Å². The number of nitrogens with two attached hydrogens (primary N) is 1. The zero-order valence-electron chi connectivity index (χ0n) is 79.6. The summed E-state index contributed by atoms with van der Waals surface area (Å²) >= 11 is 0. The van der Waals surface area contributed by atoms with Crippen LogP contribution in [0.3, 0.4) is 0 Å². The predicted octanol–water partition coefficient (Wildman–Crippen LogP) is 12.9. The second-order valence-electron chi connectivity index (χ2n) is 38.8. The van der Waals surface area contributed by atoms with Crippen molar-refractivity contribution in [3.8, 4) is 0 Å². The lowest BCUT2D eigenvalue weighted by atomic mass is 9.75. The molecule has 15 rings (SSSR count). The van der Waals surface area contributed by atoms with Crippen molar-refractivity contribution in [1.29, 1.82) is 0 Å². The van der Waals surface area contributed by atoms with Crippen LogP contribution in [-0.2, 0) is 115 Å². The quantitative estimate of drug-likeness (QED) is 0.0333. The van der Waals surface area contributed by atoms with Gasteiger partial charge in [-0.3, -0.25) is 48.3 Å². The highest BCUT2D eigenvalue weighted by molar-refractivity contribution is 5.90. The Morgan fingerprint density at radius 3 is 1.01 bits per heavy atom. The third-order valence-corrected chi connectivity index (χ3v) is 21.1. The summed E-state index contributed by atoms with van der Waals surface area (Å²) in [7, 11) is 1.14. The molecule has 8 bridgehead atoms. The number of ketones is 1. The highest BCUT2D eigenvalue weighted by Crippen LogP contribution is 2.39. The van der Waals surface area contributed by atoms with E-state index in [1.165, 1.54) is 16.7 Å². The fourth-order valence-electron chi connectivity index (χ4n) is 17.2. The third-order valence-electron chi connectivity index (χ3n) is 21.1. The molecule has 10 N–H and O–H groups in total. The number of fused-ring (bicyclic) bond motifs is 24. The largest absolute Gasteiger partial charge is 0.519 e. The molecule has 12 saturated heterocycles. The molecule has 12 heterocycles. The Balaban J connectivity index is 0.000000410. The molecular weight excluding hydrogens is 1670 g/mol. The number of rotatable bonds is 19. The molecule has 12 fully saturated rings. The zero-order chi connectivity index (χ0) is 94.9. The van der Waals surface area contributed by atoms with E-state index in [4.69, 9.17) is 72.8 Å². The summed E-state index contributed by atoms with van der Waals surface area (Å²) in [6, 6.07) is 31.7. The molecule has 0 spiro atoms. The number of benzene rings is 3. The minimum atomic E-state index is -1.17. The number of amides is 2. The van der Waals surface area contributed by atoms with Crippen molar-refractivity contribution in [2.45, 2.75) is 246 Å². The lowest BCUT2D eigenvalue weighted by Gasteiger charge is -2.46. The van der Waals surface area contributed by atoms with Crippen LogP contribution in [0, 0.1) is 47.3 Å². The van der Waals surface area contributed by atoms with E-state index in [9.17, 15) is 47.9 Å². The first-order chi connectivity index (χ1) is 60.1.